The average molecular weight is 213 g/mol. The number of hydrogen-bond donors (Lipinski definition) is 2. The van der Waals surface area contributed by atoms with Gasteiger partial charge in [-0.1, -0.05) is 33.1 Å². The molecule has 1 aliphatic carbocycles. The first kappa shape index (κ1) is 12.5. The fourth-order valence-corrected chi connectivity index (χ4v) is 2.40. The Bertz CT molecular complexity index is 206. The van der Waals surface area contributed by atoms with Crippen LogP contribution >= 0.6 is 0 Å². The summed E-state index contributed by atoms with van der Waals surface area (Å²) in [6.07, 6.45) is 5.87. The van der Waals surface area contributed by atoms with Gasteiger partial charge in [0.05, 0.1) is 0 Å². The van der Waals surface area contributed by atoms with Crippen molar-refractivity contribution < 1.29 is 9.90 Å². The van der Waals surface area contributed by atoms with Crippen LogP contribution in [0.3, 0.4) is 0 Å². The molecule has 0 aromatic rings. The average Bonchev–Trinajstić information content (AvgIpc) is 2.21. The van der Waals surface area contributed by atoms with E-state index in [0.717, 1.165) is 12.5 Å². The number of aliphatic carboxylic acids is 1. The summed E-state index contributed by atoms with van der Waals surface area (Å²) in [5.74, 6) is 0.700. The van der Waals surface area contributed by atoms with E-state index in [1.807, 2.05) is 6.92 Å². The number of carboxylic acid groups (broad SMARTS) is 1. The summed E-state index contributed by atoms with van der Waals surface area (Å²) in [6.45, 7) is 5.06. The smallest absolute Gasteiger partial charge is 0.320 e. The predicted octanol–water partition coefficient (Wildman–Crippen LogP) is 2.27. The highest BCUT2D eigenvalue weighted by Crippen LogP contribution is 2.28. The number of carbonyl (C=O) groups is 1. The molecule has 0 radical (unpaired) electrons. The summed E-state index contributed by atoms with van der Waals surface area (Å²) in [5.41, 5.74) is 0. The minimum absolute atomic E-state index is 0.362. The molecule has 0 saturated heterocycles. The lowest BCUT2D eigenvalue weighted by molar-refractivity contribution is -0.139. The topological polar surface area (TPSA) is 49.3 Å². The minimum atomic E-state index is -0.721. The molecule has 1 rings (SSSR count). The van der Waals surface area contributed by atoms with Crippen LogP contribution in [0.25, 0.3) is 0 Å². The fraction of sp³-hybridized carbons (Fsp3) is 0.917. The Labute approximate surface area is 92.3 Å². The second-order valence-electron chi connectivity index (χ2n) is 4.73. The third-order valence-corrected chi connectivity index (χ3v) is 3.62. The van der Waals surface area contributed by atoms with Gasteiger partial charge in [0.2, 0.25) is 0 Å². The van der Waals surface area contributed by atoms with Gasteiger partial charge in [-0.2, -0.15) is 0 Å². The molecule has 3 unspecified atom stereocenters. The van der Waals surface area contributed by atoms with Crippen molar-refractivity contribution in [3.05, 3.63) is 0 Å². The van der Waals surface area contributed by atoms with Gasteiger partial charge in [0.1, 0.15) is 6.04 Å². The Kier molecular flexibility index (Phi) is 5.09. The number of hydrogen-bond acceptors (Lipinski definition) is 2. The van der Waals surface area contributed by atoms with E-state index in [0.29, 0.717) is 12.3 Å². The Morgan fingerprint density at radius 1 is 1.47 bits per heavy atom. The molecule has 0 spiro atoms. The van der Waals surface area contributed by atoms with Crippen molar-refractivity contribution in [2.75, 3.05) is 6.54 Å². The molecular weight excluding hydrogens is 190 g/mol. The molecule has 1 saturated carbocycles. The maximum atomic E-state index is 10.8. The summed E-state index contributed by atoms with van der Waals surface area (Å²) in [5, 5.41) is 12.1. The van der Waals surface area contributed by atoms with Gasteiger partial charge < -0.3 is 10.4 Å². The molecular formula is C12H23NO2. The van der Waals surface area contributed by atoms with Crippen LogP contribution in [0, 0.1) is 11.8 Å². The largest absolute Gasteiger partial charge is 0.480 e. The molecule has 3 nitrogen and oxygen atoms in total. The molecule has 1 aliphatic rings. The lowest BCUT2D eigenvalue weighted by Crippen LogP contribution is -2.40. The molecule has 0 aromatic heterocycles. The lowest BCUT2D eigenvalue weighted by atomic mass is 9.80. The Morgan fingerprint density at radius 3 is 2.67 bits per heavy atom. The summed E-state index contributed by atoms with van der Waals surface area (Å²) >= 11 is 0. The first-order valence-corrected chi connectivity index (χ1v) is 6.11. The van der Waals surface area contributed by atoms with Crippen molar-refractivity contribution >= 4 is 5.97 Å². The third kappa shape index (κ3) is 3.82. The zero-order valence-corrected chi connectivity index (χ0v) is 9.83. The van der Waals surface area contributed by atoms with Crippen LogP contribution in [0.1, 0.15) is 46.0 Å². The molecule has 0 aliphatic heterocycles. The highest BCUT2D eigenvalue weighted by Gasteiger charge is 2.23. The second kappa shape index (κ2) is 6.11. The van der Waals surface area contributed by atoms with Crippen LogP contribution in [-0.4, -0.2) is 23.7 Å². The van der Waals surface area contributed by atoms with Crippen molar-refractivity contribution in [1.29, 1.82) is 0 Å². The van der Waals surface area contributed by atoms with Crippen molar-refractivity contribution in [3.63, 3.8) is 0 Å². The van der Waals surface area contributed by atoms with Gasteiger partial charge in [0, 0.05) is 0 Å². The third-order valence-electron chi connectivity index (χ3n) is 3.62. The highest BCUT2D eigenvalue weighted by molar-refractivity contribution is 5.73. The quantitative estimate of drug-likeness (QED) is 0.736. The van der Waals surface area contributed by atoms with Gasteiger partial charge >= 0.3 is 5.97 Å². The van der Waals surface area contributed by atoms with Crippen molar-refractivity contribution in [2.24, 2.45) is 11.8 Å². The van der Waals surface area contributed by atoms with E-state index in [4.69, 9.17) is 5.11 Å². The Morgan fingerprint density at radius 2 is 2.13 bits per heavy atom. The van der Waals surface area contributed by atoms with Crippen LogP contribution in [0.5, 0.6) is 0 Å². The van der Waals surface area contributed by atoms with Gasteiger partial charge in [-0.15, -0.1) is 0 Å². The van der Waals surface area contributed by atoms with Crippen LogP contribution in [0.2, 0.25) is 0 Å². The van der Waals surface area contributed by atoms with E-state index in [9.17, 15) is 4.79 Å². The Hall–Kier alpha value is -0.570. The molecule has 88 valence electrons. The van der Waals surface area contributed by atoms with E-state index in [1.54, 1.807) is 0 Å². The van der Waals surface area contributed by atoms with E-state index in [2.05, 4.69) is 12.2 Å². The highest BCUT2D eigenvalue weighted by atomic mass is 16.4. The van der Waals surface area contributed by atoms with Crippen molar-refractivity contribution in [2.45, 2.75) is 52.0 Å². The molecule has 0 amide bonds. The van der Waals surface area contributed by atoms with Crippen LogP contribution in [0.15, 0.2) is 0 Å². The molecule has 3 atom stereocenters. The second-order valence-corrected chi connectivity index (χ2v) is 4.73. The van der Waals surface area contributed by atoms with Gasteiger partial charge in [0.25, 0.3) is 0 Å². The number of carboxylic acids is 1. The standard InChI is InChI=1S/C12H23NO2/c1-3-11(12(14)15)13-8-10-7-5-4-6-9(10)2/h9-11,13H,3-8H2,1-2H3,(H,14,15). The first-order valence-electron chi connectivity index (χ1n) is 6.11. The van der Waals surface area contributed by atoms with Gasteiger partial charge in [-0.3, -0.25) is 4.79 Å². The molecule has 0 aromatic carbocycles. The number of rotatable bonds is 5. The van der Waals surface area contributed by atoms with E-state index < -0.39 is 5.97 Å². The van der Waals surface area contributed by atoms with Crippen LogP contribution < -0.4 is 5.32 Å². The van der Waals surface area contributed by atoms with Gasteiger partial charge in [-0.25, -0.2) is 0 Å². The first-order chi connectivity index (χ1) is 7.15. The van der Waals surface area contributed by atoms with Crippen LogP contribution in [-0.2, 0) is 4.79 Å². The fourth-order valence-electron chi connectivity index (χ4n) is 2.40. The monoisotopic (exact) mass is 213 g/mol. The van der Waals surface area contributed by atoms with E-state index >= 15 is 0 Å². The number of nitrogens with one attached hydrogen (secondary N) is 1. The summed E-state index contributed by atoms with van der Waals surface area (Å²) in [4.78, 5) is 10.8. The molecule has 3 heteroatoms. The van der Waals surface area contributed by atoms with Gasteiger partial charge in [-0.05, 0) is 31.2 Å². The Balaban J connectivity index is 2.31. The minimum Gasteiger partial charge on any atom is -0.480 e. The van der Waals surface area contributed by atoms with Gasteiger partial charge in [0.15, 0.2) is 0 Å². The molecule has 1 fully saturated rings. The van der Waals surface area contributed by atoms with Crippen LogP contribution in [0.4, 0.5) is 0 Å². The normalized spacial score (nSPS) is 28.7. The summed E-state index contributed by atoms with van der Waals surface area (Å²) < 4.78 is 0. The lowest BCUT2D eigenvalue weighted by Gasteiger charge is -2.29. The SMILES string of the molecule is CCC(NCC1CCCCC1C)C(=O)O. The zero-order chi connectivity index (χ0) is 11.3. The maximum absolute atomic E-state index is 10.8. The van der Waals surface area contributed by atoms with Crippen molar-refractivity contribution in [3.8, 4) is 0 Å². The molecule has 2 N–H and O–H groups in total. The molecule has 0 heterocycles. The molecule has 0 bridgehead atoms. The van der Waals surface area contributed by atoms with E-state index in [-0.39, 0.29) is 6.04 Å². The summed E-state index contributed by atoms with van der Waals surface area (Å²) in [7, 11) is 0. The van der Waals surface area contributed by atoms with Crippen molar-refractivity contribution in [1.82, 2.24) is 5.32 Å². The zero-order valence-electron chi connectivity index (χ0n) is 9.83. The summed E-state index contributed by atoms with van der Waals surface area (Å²) in [6, 6.07) is -0.362. The maximum Gasteiger partial charge on any atom is 0.320 e. The predicted molar refractivity (Wildman–Crippen MR) is 60.8 cm³/mol. The molecule has 15 heavy (non-hydrogen) atoms. The van der Waals surface area contributed by atoms with E-state index in [1.165, 1.54) is 25.7 Å².